The predicted octanol–water partition coefficient (Wildman–Crippen LogP) is 6.12. The molecule has 4 rings (SSSR count). The Morgan fingerprint density at radius 2 is 1.77 bits per heavy atom. The normalized spacial score (nSPS) is 11.4. The van der Waals surface area contributed by atoms with Crippen LogP contribution in [0.1, 0.15) is 21.5 Å². The average Bonchev–Trinajstić information content (AvgIpc) is 3.30. The second kappa shape index (κ2) is 8.10. The van der Waals surface area contributed by atoms with E-state index < -0.39 is 17.6 Å². The highest BCUT2D eigenvalue weighted by Crippen LogP contribution is 2.31. The van der Waals surface area contributed by atoms with E-state index in [1.165, 1.54) is 12.1 Å². The van der Waals surface area contributed by atoms with Crippen molar-refractivity contribution in [3.8, 4) is 16.8 Å². The number of aromatic nitrogens is 2. The maximum atomic E-state index is 12.9. The first kappa shape index (κ1) is 20.4. The molecule has 31 heavy (non-hydrogen) atoms. The standard InChI is InChI=1S/C24H18F3N3O/c1-16-9-10-20(29-23(31)18-6-2-7-19(13-18)24(25,26)27)15-22(16)17-5-3-8-21(14-17)30-12-4-11-28-30/h2-15H,1H3,(H,29,31). The topological polar surface area (TPSA) is 46.9 Å². The minimum Gasteiger partial charge on any atom is -0.322 e. The zero-order valence-corrected chi connectivity index (χ0v) is 16.5. The van der Waals surface area contributed by atoms with Crippen LogP contribution in [0.25, 0.3) is 16.8 Å². The maximum Gasteiger partial charge on any atom is 0.416 e. The summed E-state index contributed by atoms with van der Waals surface area (Å²) in [4.78, 5) is 12.5. The van der Waals surface area contributed by atoms with Gasteiger partial charge in [0.1, 0.15) is 0 Å². The first-order valence-electron chi connectivity index (χ1n) is 9.51. The molecule has 1 N–H and O–H groups in total. The smallest absolute Gasteiger partial charge is 0.322 e. The lowest BCUT2D eigenvalue weighted by Crippen LogP contribution is -2.14. The molecule has 0 radical (unpaired) electrons. The van der Waals surface area contributed by atoms with Gasteiger partial charge in [0, 0.05) is 23.6 Å². The second-order valence-electron chi connectivity index (χ2n) is 7.06. The number of carbonyl (C=O) groups is 1. The predicted molar refractivity (Wildman–Crippen MR) is 113 cm³/mol. The molecule has 0 saturated heterocycles. The van der Waals surface area contributed by atoms with Crippen molar-refractivity contribution in [2.24, 2.45) is 0 Å². The molecule has 1 heterocycles. The Labute approximate surface area is 177 Å². The van der Waals surface area contributed by atoms with E-state index in [2.05, 4.69) is 10.4 Å². The quantitative estimate of drug-likeness (QED) is 0.432. The molecule has 0 aliphatic rings. The first-order valence-corrected chi connectivity index (χ1v) is 9.51. The van der Waals surface area contributed by atoms with Crippen LogP contribution in [0.15, 0.2) is 85.2 Å². The number of nitrogens with one attached hydrogen (secondary N) is 1. The summed E-state index contributed by atoms with van der Waals surface area (Å²) >= 11 is 0. The van der Waals surface area contributed by atoms with Crippen LogP contribution in [0.4, 0.5) is 18.9 Å². The van der Waals surface area contributed by atoms with Gasteiger partial charge < -0.3 is 5.32 Å². The molecule has 0 fully saturated rings. The summed E-state index contributed by atoms with van der Waals surface area (Å²) in [7, 11) is 0. The van der Waals surface area contributed by atoms with E-state index in [0.29, 0.717) is 5.69 Å². The van der Waals surface area contributed by atoms with Crippen LogP contribution in [-0.2, 0) is 6.18 Å². The zero-order chi connectivity index (χ0) is 22.0. The molecule has 3 aromatic carbocycles. The Morgan fingerprint density at radius 3 is 2.52 bits per heavy atom. The van der Waals surface area contributed by atoms with Crippen molar-refractivity contribution >= 4 is 11.6 Å². The van der Waals surface area contributed by atoms with Crippen molar-refractivity contribution in [2.75, 3.05) is 5.32 Å². The van der Waals surface area contributed by atoms with Crippen molar-refractivity contribution in [3.63, 3.8) is 0 Å². The molecular formula is C24H18F3N3O. The number of rotatable bonds is 4. The van der Waals surface area contributed by atoms with Crippen molar-refractivity contribution in [3.05, 3.63) is 102 Å². The fourth-order valence-electron chi connectivity index (χ4n) is 3.29. The summed E-state index contributed by atoms with van der Waals surface area (Å²) in [5.74, 6) is -0.605. The molecule has 0 aliphatic heterocycles. The number of alkyl halides is 3. The van der Waals surface area contributed by atoms with E-state index in [4.69, 9.17) is 0 Å². The molecule has 1 aromatic heterocycles. The maximum absolute atomic E-state index is 12.9. The van der Waals surface area contributed by atoms with Crippen LogP contribution in [0.2, 0.25) is 0 Å². The van der Waals surface area contributed by atoms with E-state index in [9.17, 15) is 18.0 Å². The molecule has 4 aromatic rings. The highest BCUT2D eigenvalue weighted by Gasteiger charge is 2.30. The summed E-state index contributed by atoms with van der Waals surface area (Å²) < 4.78 is 40.6. The van der Waals surface area contributed by atoms with Gasteiger partial charge in [-0.1, -0.05) is 24.3 Å². The number of hydrogen-bond acceptors (Lipinski definition) is 2. The molecular weight excluding hydrogens is 403 g/mol. The average molecular weight is 421 g/mol. The van der Waals surface area contributed by atoms with Crippen LogP contribution in [0.5, 0.6) is 0 Å². The molecule has 0 saturated carbocycles. The molecule has 0 bridgehead atoms. The Balaban J connectivity index is 1.62. The fourth-order valence-corrected chi connectivity index (χ4v) is 3.29. The van der Waals surface area contributed by atoms with Gasteiger partial charge in [-0.2, -0.15) is 18.3 Å². The number of carbonyl (C=O) groups excluding carboxylic acids is 1. The van der Waals surface area contributed by atoms with Crippen molar-refractivity contribution in [2.45, 2.75) is 13.1 Å². The third-order valence-electron chi connectivity index (χ3n) is 4.87. The largest absolute Gasteiger partial charge is 0.416 e. The fraction of sp³-hybridized carbons (Fsp3) is 0.0833. The second-order valence-corrected chi connectivity index (χ2v) is 7.06. The molecule has 4 nitrogen and oxygen atoms in total. The molecule has 0 spiro atoms. The number of nitrogens with zero attached hydrogens (tertiary/aromatic N) is 2. The van der Waals surface area contributed by atoms with E-state index in [-0.39, 0.29) is 5.56 Å². The molecule has 156 valence electrons. The van der Waals surface area contributed by atoms with Gasteiger partial charge in [-0.3, -0.25) is 4.79 Å². The number of hydrogen-bond donors (Lipinski definition) is 1. The first-order chi connectivity index (χ1) is 14.8. The van der Waals surface area contributed by atoms with Gasteiger partial charge in [0.25, 0.3) is 5.91 Å². The van der Waals surface area contributed by atoms with E-state index in [1.807, 2.05) is 55.6 Å². The van der Waals surface area contributed by atoms with Gasteiger partial charge in [-0.15, -0.1) is 0 Å². The lowest BCUT2D eigenvalue weighted by atomic mass is 9.99. The Morgan fingerprint density at radius 1 is 0.968 bits per heavy atom. The summed E-state index contributed by atoms with van der Waals surface area (Å²) in [6, 6.07) is 19.4. The molecule has 0 unspecified atom stereocenters. The summed E-state index contributed by atoms with van der Waals surface area (Å²) in [6.45, 7) is 1.95. The van der Waals surface area contributed by atoms with Crippen LogP contribution in [0, 0.1) is 6.92 Å². The summed E-state index contributed by atoms with van der Waals surface area (Å²) in [6.07, 6.45) is -0.966. The molecule has 0 aliphatic carbocycles. The monoisotopic (exact) mass is 421 g/mol. The Kier molecular flexibility index (Phi) is 5.33. The highest BCUT2D eigenvalue weighted by molar-refractivity contribution is 6.04. The highest BCUT2D eigenvalue weighted by atomic mass is 19.4. The number of benzene rings is 3. The van der Waals surface area contributed by atoms with Gasteiger partial charge in [0.05, 0.1) is 11.3 Å². The third kappa shape index (κ3) is 4.50. The Bertz CT molecular complexity index is 1230. The van der Waals surface area contributed by atoms with Gasteiger partial charge in [0.15, 0.2) is 0 Å². The van der Waals surface area contributed by atoms with E-state index >= 15 is 0 Å². The summed E-state index contributed by atoms with van der Waals surface area (Å²) in [5.41, 5.74) is 3.29. The van der Waals surface area contributed by atoms with Crippen LogP contribution < -0.4 is 5.32 Å². The van der Waals surface area contributed by atoms with Crippen LogP contribution in [0.3, 0.4) is 0 Å². The van der Waals surface area contributed by atoms with Gasteiger partial charge in [0.2, 0.25) is 0 Å². The van der Waals surface area contributed by atoms with E-state index in [1.54, 1.807) is 16.9 Å². The minimum absolute atomic E-state index is 0.0578. The lowest BCUT2D eigenvalue weighted by molar-refractivity contribution is -0.137. The van der Waals surface area contributed by atoms with Gasteiger partial charge in [-0.25, -0.2) is 4.68 Å². The van der Waals surface area contributed by atoms with E-state index in [0.717, 1.165) is 34.5 Å². The number of halogens is 3. The van der Waals surface area contributed by atoms with Gasteiger partial charge in [-0.05, 0) is 72.1 Å². The lowest BCUT2D eigenvalue weighted by Gasteiger charge is -2.13. The van der Waals surface area contributed by atoms with Crippen molar-refractivity contribution in [1.29, 1.82) is 0 Å². The SMILES string of the molecule is Cc1ccc(NC(=O)c2cccc(C(F)(F)F)c2)cc1-c1cccc(-n2cccn2)c1. The number of aryl methyl sites for hydroxylation is 1. The molecule has 0 atom stereocenters. The minimum atomic E-state index is -4.51. The molecule has 1 amide bonds. The van der Waals surface area contributed by atoms with Crippen LogP contribution >= 0.6 is 0 Å². The van der Waals surface area contributed by atoms with Gasteiger partial charge >= 0.3 is 6.18 Å². The molecule has 7 heteroatoms. The zero-order valence-electron chi connectivity index (χ0n) is 16.5. The van der Waals surface area contributed by atoms with Crippen LogP contribution in [-0.4, -0.2) is 15.7 Å². The summed E-state index contributed by atoms with van der Waals surface area (Å²) in [5, 5.41) is 6.93. The van der Waals surface area contributed by atoms with Crippen molar-refractivity contribution < 1.29 is 18.0 Å². The Hall–Kier alpha value is -3.87. The number of anilines is 1. The number of amides is 1. The third-order valence-corrected chi connectivity index (χ3v) is 4.87. The van der Waals surface area contributed by atoms with Crippen molar-refractivity contribution in [1.82, 2.24) is 9.78 Å².